The van der Waals surface area contributed by atoms with Crippen molar-refractivity contribution < 1.29 is 5.11 Å². The van der Waals surface area contributed by atoms with Crippen molar-refractivity contribution in [1.82, 2.24) is 9.55 Å². The molecule has 0 saturated carbocycles. The summed E-state index contributed by atoms with van der Waals surface area (Å²) in [6.07, 6.45) is 0. The maximum Gasteiger partial charge on any atom is 0.205 e. The van der Waals surface area contributed by atoms with Crippen molar-refractivity contribution >= 4 is 45.9 Å². The highest BCUT2D eigenvalue weighted by Crippen LogP contribution is 2.42. The Bertz CT molecular complexity index is 984. The number of aliphatic hydroxyl groups is 1. The Kier molecular flexibility index (Phi) is 4.93. The van der Waals surface area contributed by atoms with Gasteiger partial charge in [0.25, 0.3) is 0 Å². The molecule has 0 spiro atoms. The van der Waals surface area contributed by atoms with E-state index in [1.807, 2.05) is 12.1 Å². The first kappa shape index (κ1) is 18.4. The fourth-order valence-electron chi connectivity index (χ4n) is 3.97. The van der Waals surface area contributed by atoms with Gasteiger partial charge in [0.2, 0.25) is 5.95 Å². The molecule has 1 aliphatic heterocycles. The summed E-state index contributed by atoms with van der Waals surface area (Å²) in [6.45, 7) is 6.09. The van der Waals surface area contributed by atoms with Crippen LogP contribution in [0.3, 0.4) is 0 Å². The minimum atomic E-state index is -0.201. The number of anilines is 2. The van der Waals surface area contributed by atoms with E-state index in [0.717, 1.165) is 41.3 Å². The SMILES string of the molecule is CCN(CC)c1cccc2c1nc1n2C(c2ccc(Cl)cc2Cl)C(CO)N1. The maximum absolute atomic E-state index is 9.94. The second kappa shape index (κ2) is 7.23. The molecule has 27 heavy (non-hydrogen) atoms. The van der Waals surface area contributed by atoms with Gasteiger partial charge >= 0.3 is 0 Å². The Morgan fingerprint density at radius 3 is 2.63 bits per heavy atom. The molecule has 1 aromatic heterocycles. The molecule has 0 bridgehead atoms. The van der Waals surface area contributed by atoms with E-state index in [1.165, 1.54) is 0 Å². The number of hydrogen-bond acceptors (Lipinski definition) is 4. The normalized spacial score (nSPS) is 18.6. The van der Waals surface area contributed by atoms with E-state index in [2.05, 4.69) is 46.8 Å². The molecule has 0 radical (unpaired) electrons. The Hall–Kier alpha value is -1.95. The van der Waals surface area contributed by atoms with Crippen LogP contribution in [0.5, 0.6) is 0 Å². The van der Waals surface area contributed by atoms with Gasteiger partial charge in [0, 0.05) is 23.1 Å². The summed E-state index contributed by atoms with van der Waals surface area (Å²) < 4.78 is 2.14. The summed E-state index contributed by atoms with van der Waals surface area (Å²) in [4.78, 5) is 7.15. The third-order valence-electron chi connectivity index (χ3n) is 5.25. The predicted octanol–water partition coefficient (Wildman–Crippen LogP) is 4.57. The van der Waals surface area contributed by atoms with Crippen molar-refractivity contribution in [2.45, 2.75) is 25.9 Å². The average Bonchev–Trinajstić information content (AvgIpc) is 3.19. The summed E-state index contributed by atoms with van der Waals surface area (Å²) in [7, 11) is 0. The van der Waals surface area contributed by atoms with Gasteiger partial charge in [-0.15, -0.1) is 0 Å². The van der Waals surface area contributed by atoms with Gasteiger partial charge in [-0.25, -0.2) is 4.98 Å². The summed E-state index contributed by atoms with van der Waals surface area (Å²) >= 11 is 12.6. The quantitative estimate of drug-likeness (QED) is 0.653. The molecule has 2 heterocycles. The van der Waals surface area contributed by atoms with Gasteiger partial charge in [0.1, 0.15) is 5.52 Å². The minimum Gasteiger partial charge on any atom is -0.394 e. The van der Waals surface area contributed by atoms with E-state index < -0.39 is 0 Å². The molecule has 2 unspecified atom stereocenters. The average molecular weight is 405 g/mol. The monoisotopic (exact) mass is 404 g/mol. The first-order valence-corrected chi connectivity index (χ1v) is 9.92. The standard InChI is InChI=1S/C20H22Cl2N4O/c1-3-25(4-2)16-6-5-7-17-18(16)24-20-23-15(11-27)19(26(17)20)13-9-8-12(21)10-14(13)22/h5-10,15,19,27H,3-4,11H2,1-2H3,(H,23,24). The van der Waals surface area contributed by atoms with Crippen LogP contribution in [0.15, 0.2) is 36.4 Å². The van der Waals surface area contributed by atoms with E-state index in [1.54, 1.807) is 6.07 Å². The third-order valence-corrected chi connectivity index (χ3v) is 5.82. The van der Waals surface area contributed by atoms with Gasteiger partial charge in [-0.1, -0.05) is 35.3 Å². The molecule has 5 nitrogen and oxygen atoms in total. The smallest absolute Gasteiger partial charge is 0.205 e. The number of fused-ring (bicyclic) bond motifs is 3. The first-order valence-electron chi connectivity index (χ1n) is 9.17. The lowest BCUT2D eigenvalue weighted by Gasteiger charge is -2.23. The summed E-state index contributed by atoms with van der Waals surface area (Å²) in [5, 5.41) is 14.5. The zero-order valence-electron chi connectivity index (χ0n) is 15.3. The van der Waals surface area contributed by atoms with Gasteiger partial charge in [0.05, 0.1) is 29.9 Å². The first-order chi connectivity index (χ1) is 13.1. The molecule has 2 atom stereocenters. The van der Waals surface area contributed by atoms with Crippen LogP contribution in [0.1, 0.15) is 25.5 Å². The number of aromatic nitrogens is 2. The number of aliphatic hydroxyl groups excluding tert-OH is 1. The molecule has 142 valence electrons. The van der Waals surface area contributed by atoms with Gasteiger partial charge in [0.15, 0.2) is 0 Å². The number of rotatable bonds is 5. The summed E-state index contributed by atoms with van der Waals surface area (Å²) in [5.74, 6) is 0.750. The van der Waals surface area contributed by atoms with E-state index in [-0.39, 0.29) is 18.7 Å². The van der Waals surface area contributed by atoms with Crippen LogP contribution in [0.2, 0.25) is 10.0 Å². The Balaban J connectivity index is 1.92. The Labute approximate surface area is 168 Å². The van der Waals surface area contributed by atoms with Gasteiger partial charge in [-0.2, -0.15) is 0 Å². The highest BCUT2D eigenvalue weighted by atomic mass is 35.5. The predicted molar refractivity (Wildman–Crippen MR) is 112 cm³/mol. The van der Waals surface area contributed by atoms with Crippen molar-refractivity contribution in [2.75, 3.05) is 29.9 Å². The van der Waals surface area contributed by atoms with E-state index in [9.17, 15) is 5.11 Å². The highest BCUT2D eigenvalue weighted by molar-refractivity contribution is 6.35. The van der Waals surface area contributed by atoms with Gasteiger partial charge in [-0.3, -0.25) is 0 Å². The van der Waals surface area contributed by atoms with Crippen LogP contribution < -0.4 is 10.2 Å². The molecule has 1 aliphatic rings. The number of hydrogen-bond donors (Lipinski definition) is 2. The number of benzene rings is 2. The van der Waals surface area contributed by atoms with Crippen LogP contribution in [-0.2, 0) is 0 Å². The molecule has 0 saturated heterocycles. The zero-order valence-corrected chi connectivity index (χ0v) is 16.8. The molecule has 0 fully saturated rings. The fourth-order valence-corrected chi connectivity index (χ4v) is 4.49. The van der Waals surface area contributed by atoms with E-state index in [0.29, 0.717) is 10.0 Å². The van der Waals surface area contributed by atoms with Gasteiger partial charge in [-0.05, 0) is 43.7 Å². The molecule has 2 aromatic carbocycles. The summed E-state index contributed by atoms with van der Waals surface area (Å²) in [6, 6.07) is 11.4. The fraction of sp³-hybridized carbons (Fsp3) is 0.350. The number of imidazole rings is 1. The molecule has 4 rings (SSSR count). The lowest BCUT2D eigenvalue weighted by atomic mass is 10.0. The number of nitrogens with one attached hydrogen (secondary N) is 1. The van der Waals surface area contributed by atoms with Crippen LogP contribution in [0, 0.1) is 0 Å². The van der Waals surface area contributed by atoms with Crippen molar-refractivity contribution in [2.24, 2.45) is 0 Å². The molecule has 2 N–H and O–H groups in total. The molecule has 0 aliphatic carbocycles. The molecule has 3 aromatic rings. The maximum atomic E-state index is 9.94. The number of halogens is 2. The van der Waals surface area contributed by atoms with Crippen molar-refractivity contribution in [3.05, 3.63) is 52.0 Å². The molecular formula is C20H22Cl2N4O. The lowest BCUT2D eigenvalue weighted by Crippen LogP contribution is -2.28. The minimum absolute atomic E-state index is 0.0236. The van der Waals surface area contributed by atoms with Gasteiger partial charge < -0.3 is 19.9 Å². The second-order valence-corrected chi connectivity index (χ2v) is 7.51. The Morgan fingerprint density at radius 2 is 1.96 bits per heavy atom. The van der Waals surface area contributed by atoms with Crippen LogP contribution in [0.4, 0.5) is 11.6 Å². The van der Waals surface area contributed by atoms with Crippen LogP contribution >= 0.6 is 23.2 Å². The third kappa shape index (κ3) is 2.94. The summed E-state index contributed by atoms with van der Waals surface area (Å²) in [5.41, 5.74) is 4.01. The van der Waals surface area contributed by atoms with E-state index in [4.69, 9.17) is 28.2 Å². The number of para-hydroxylation sites is 1. The van der Waals surface area contributed by atoms with E-state index >= 15 is 0 Å². The lowest BCUT2D eigenvalue weighted by molar-refractivity contribution is 0.260. The zero-order chi connectivity index (χ0) is 19.1. The molecule has 0 amide bonds. The van der Waals surface area contributed by atoms with Crippen molar-refractivity contribution in [1.29, 1.82) is 0 Å². The number of nitrogens with zero attached hydrogens (tertiary/aromatic N) is 3. The molecule has 7 heteroatoms. The van der Waals surface area contributed by atoms with Crippen LogP contribution in [-0.4, -0.2) is 40.4 Å². The largest absolute Gasteiger partial charge is 0.394 e. The second-order valence-electron chi connectivity index (χ2n) is 6.67. The molecular weight excluding hydrogens is 383 g/mol. The van der Waals surface area contributed by atoms with Crippen molar-refractivity contribution in [3.8, 4) is 0 Å². The topological polar surface area (TPSA) is 53.3 Å². The van der Waals surface area contributed by atoms with Crippen LogP contribution in [0.25, 0.3) is 11.0 Å². The van der Waals surface area contributed by atoms with Crippen molar-refractivity contribution in [3.63, 3.8) is 0 Å². The highest BCUT2D eigenvalue weighted by Gasteiger charge is 2.36. The Morgan fingerprint density at radius 1 is 1.19 bits per heavy atom.